The van der Waals surface area contributed by atoms with Crippen molar-refractivity contribution >= 4 is 39.4 Å². The summed E-state index contributed by atoms with van der Waals surface area (Å²) in [6.07, 6.45) is 0.658. The average molecular weight is 324 g/mol. The minimum absolute atomic E-state index is 0.244. The van der Waals surface area contributed by atoms with Gasteiger partial charge in [0.2, 0.25) is 0 Å². The van der Waals surface area contributed by atoms with E-state index in [2.05, 4.69) is 36.7 Å². The Morgan fingerprint density at radius 1 is 1.47 bits per heavy atom. The number of hydrogen-bond donors (Lipinski definition) is 2. The van der Waals surface area contributed by atoms with Crippen molar-refractivity contribution in [3.63, 3.8) is 0 Å². The Morgan fingerprint density at radius 3 is 2.71 bits per heavy atom. The molecule has 0 aliphatic carbocycles. The molecule has 0 bridgehead atoms. The topological polar surface area (TPSA) is 76.1 Å². The van der Waals surface area contributed by atoms with Gasteiger partial charge < -0.3 is 4.74 Å². The Morgan fingerprint density at radius 2 is 2.12 bits per heavy atom. The van der Waals surface area contributed by atoms with Gasteiger partial charge in [0.1, 0.15) is 17.1 Å². The minimum Gasteiger partial charge on any atom is -0.443 e. The maximum absolute atomic E-state index is 11.3. The first-order valence-electron chi connectivity index (χ1n) is 4.70. The Kier molecular flexibility index (Phi) is 4.53. The van der Waals surface area contributed by atoms with Crippen molar-refractivity contribution in [2.45, 2.75) is 26.4 Å². The first-order valence-corrected chi connectivity index (χ1v) is 5.87. The molecule has 0 saturated heterocycles. The predicted octanol–water partition coefficient (Wildman–Crippen LogP) is 2.74. The number of anilines is 1. The summed E-state index contributed by atoms with van der Waals surface area (Å²) >= 11 is 8.93. The fourth-order valence-electron chi connectivity index (χ4n) is 0.849. The normalized spacial score (nSPS) is 10.9. The van der Waals surface area contributed by atoms with Crippen molar-refractivity contribution < 1.29 is 9.53 Å². The van der Waals surface area contributed by atoms with E-state index in [4.69, 9.17) is 16.3 Å². The summed E-state index contributed by atoms with van der Waals surface area (Å²) < 4.78 is 5.48. The van der Waals surface area contributed by atoms with Crippen LogP contribution in [0, 0.1) is 0 Å². The van der Waals surface area contributed by atoms with Crippen LogP contribution in [-0.2, 0) is 4.74 Å². The molecule has 0 atom stereocenters. The zero-order chi connectivity index (χ0) is 13.1. The molecule has 0 radical (unpaired) electrons. The third kappa shape index (κ3) is 4.74. The molecule has 0 aliphatic rings. The van der Waals surface area contributed by atoms with Gasteiger partial charge >= 0.3 is 6.09 Å². The molecular weight excluding hydrogens is 311 g/mol. The van der Waals surface area contributed by atoms with Crippen molar-refractivity contribution in [1.29, 1.82) is 0 Å². The van der Waals surface area contributed by atoms with Gasteiger partial charge in [0.25, 0.3) is 0 Å². The van der Waals surface area contributed by atoms with Crippen LogP contribution in [0.1, 0.15) is 20.8 Å². The maximum Gasteiger partial charge on any atom is 0.426 e. The highest BCUT2D eigenvalue weighted by Crippen LogP contribution is 2.25. The fraction of sp³-hybridized carbons (Fsp3) is 0.444. The molecule has 6 nitrogen and oxygen atoms in total. The Bertz CT molecular complexity index is 422. The smallest absolute Gasteiger partial charge is 0.426 e. The number of nitrogens with zero attached hydrogens (tertiary/aromatic N) is 2. The molecule has 0 fully saturated rings. The molecule has 17 heavy (non-hydrogen) atoms. The molecule has 1 rings (SSSR count). The molecule has 2 N–H and O–H groups in total. The van der Waals surface area contributed by atoms with Gasteiger partial charge in [-0.25, -0.2) is 20.2 Å². The largest absolute Gasteiger partial charge is 0.443 e. The van der Waals surface area contributed by atoms with E-state index in [1.165, 1.54) is 6.33 Å². The number of nitrogens with one attached hydrogen (secondary N) is 2. The summed E-state index contributed by atoms with van der Waals surface area (Å²) in [5.74, 6) is 0.343. The SMILES string of the molecule is CC(C)(C)OC(=O)NNc1ncnc(Cl)c1Br. The third-order valence-electron chi connectivity index (χ3n) is 1.43. The summed E-state index contributed by atoms with van der Waals surface area (Å²) in [5.41, 5.74) is 4.34. The number of aromatic nitrogens is 2. The van der Waals surface area contributed by atoms with E-state index in [9.17, 15) is 4.79 Å². The summed E-state index contributed by atoms with van der Waals surface area (Å²) in [7, 11) is 0. The Labute approximate surface area is 112 Å². The van der Waals surface area contributed by atoms with E-state index in [0.29, 0.717) is 10.3 Å². The lowest BCUT2D eigenvalue weighted by molar-refractivity contribution is 0.0541. The highest BCUT2D eigenvalue weighted by Gasteiger charge is 2.16. The van der Waals surface area contributed by atoms with Crippen LogP contribution < -0.4 is 10.9 Å². The summed E-state index contributed by atoms with van der Waals surface area (Å²) in [6, 6.07) is 0. The van der Waals surface area contributed by atoms with Crippen molar-refractivity contribution in [2.75, 3.05) is 5.43 Å². The minimum atomic E-state index is -0.612. The Balaban J connectivity index is 2.56. The number of ether oxygens (including phenoxy) is 1. The zero-order valence-electron chi connectivity index (χ0n) is 9.54. The average Bonchev–Trinajstić information content (AvgIpc) is 2.18. The van der Waals surface area contributed by atoms with Crippen LogP contribution >= 0.6 is 27.5 Å². The van der Waals surface area contributed by atoms with Gasteiger partial charge in [0, 0.05) is 0 Å². The first-order chi connectivity index (χ1) is 7.79. The molecule has 1 amide bonds. The van der Waals surface area contributed by atoms with Gasteiger partial charge in [0.15, 0.2) is 5.82 Å². The van der Waals surface area contributed by atoms with Crippen LogP contribution in [-0.4, -0.2) is 21.7 Å². The highest BCUT2D eigenvalue weighted by atomic mass is 79.9. The van der Waals surface area contributed by atoms with Crippen molar-refractivity contribution in [1.82, 2.24) is 15.4 Å². The van der Waals surface area contributed by atoms with Gasteiger partial charge in [-0.1, -0.05) is 11.6 Å². The van der Waals surface area contributed by atoms with Crippen LogP contribution in [0.5, 0.6) is 0 Å². The van der Waals surface area contributed by atoms with E-state index in [1.807, 2.05) is 0 Å². The lowest BCUT2D eigenvalue weighted by Gasteiger charge is -2.20. The summed E-state index contributed by atoms with van der Waals surface area (Å²) in [4.78, 5) is 19.0. The number of amides is 1. The standard InChI is InChI=1S/C9H12BrClN4O2/c1-9(2,3)17-8(16)15-14-7-5(10)6(11)12-4-13-7/h4H,1-3H3,(H,15,16)(H,12,13,14). The van der Waals surface area contributed by atoms with Gasteiger partial charge in [-0.05, 0) is 36.7 Å². The first kappa shape index (κ1) is 14.0. The number of carbonyl (C=O) groups excluding carboxylic acids is 1. The van der Waals surface area contributed by atoms with Gasteiger partial charge in [-0.15, -0.1) is 0 Å². The molecular formula is C9H12BrClN4O2. The van der Waals surface area contributed by atoms with Crippen LogP contribution in [0.25, 0.3) is 0 Å². The Hall–Kier alpha value is -1.08. The second-order valence-corrected chi connectivity index (χ2v) is 5.23. The van der Waals surface area contributed by atoms with E-state index in [1.54, 1.807) is 20.8 Å². The number of rotatable bonds is 2. The van der Waals surface area contributed by atoms with Gasteiger partial charge in [-0.3, -0.25) is 5.43 Å². The maximum atomic E-state index is 11.3. The van der Waals surface area contributed by atoms with Crippen molar-refractivity contribution in [3.05, 3.63) is 16.0 Å². The van der Waals surface area contributed by atoms with Crippen molar-refractivity contribution in [2.24, 2.45) is 0 Å². The predicted molar refractivity (Wildman–Crippen MR) is 67.7 cm³/mol. The van der Waals surface area contributed by atoms with Crippen LogP contribution in [0.2, 0.25) is 5.15 Å². The summed E-state index contributed by atoms with van der Waals surface area (Å²) in [6.45, 7) is 5.30. The highest BCUT2D eigenvalue weighted by molar-refractivity contribution is 9.10. The number of halogens is 2. The second kappa shape index (κ2) is 5.50. The third-order valence-corrected chi connectivity index (χ3v) is 2.69. The molecule has 0 saturated carbocycles. The molecule has 0 aromatic carbocycles. The number of hydrazine groups is 1. The monoisotopic (exact) mass is 322 g/mol. The van der Waals surface area contributed by atoms with Gasteiger partial charge in [-0.2, -0.15) is 0 Å². The lowest BCUT2D eigenvalue weighted by atomic mass is 10.2. The van der Waals surface area contributed by atoms with Crippen LogP contribution in [0.15, 0.2) is 10.8 Å². The molecule has 1 aromatic heterocycles. The van der Waals surface area contributed by atoms with Crippen LogP contribution in [0.3, 0.4) is 0 Å². The summed E-state index contributed by atoms with van der Waals surface area (Å²) in [5, 5.41) is 0.244. The molecule has 0 unspecified atom stereocenters. The zero-order valence-corrected chi connectivity index (χ0v) is 11.9. The molecule has 1 heterocycles. The fourth-order valence-corrected chi connectivity index (χ4v) is 1.29. The van der Waals surface area contributed by atoms with Gasteiger partial charge in [0.05, 0.1) is 4.47 Å². The molecule has 0 spiro atoms. The quantitative estimate of drug-likeness (QED) is 0.646. The molecule has 94 valence electrons. The number of hydrogen-bond acceptors (Lipinski definition) is 5. The van der Waals surface area contributed by atoms with E-state index >= 15 is 0 Å². The molecule has 8 heteroatoms. The van der Waals surface area contributed by atoms with E-state index in [-0.39, 0.29) is 5.15 Å². The van der Waals surface area contributed by atoms with Crippen molar-refractivity contribution in [3.8, 4) is 0 Å². The lowest BCUT2D eigenvalue weighted by Crippen LogP contribution is -2.36. The second-order valence-electron chi connectivity index (χ2n) is 4.08. The van der Waals surface area contributed by atoms with Crippen LogP contribution in [0.4, 0.5) is 10.6 Å². The molecule has 1 aromatic rings. The number of carbonyl (C=O) groups is 1. The van der Waals surface area contributed by atoms with E-state index < -0.39 is 11.7 Å². The molecule has 0 aliphatic heterocycles. The van der Waals surface area contributed by atoms with E-state index in [0.717, 1.165) is 0 Å².